The van der Waals surface area contributed by atoms with Crippen molar-refractivity contribution < 1.29 is 14.3 Å². The van der Waals surface area contributed by atoms with Gasteiger partial charge in [0.05, 0.1) is 22.9 Å². The molecule has 0 saturated carbocycles. The van der Waals surface area contributed by atoms with E-state index in [4.69, 9.17) is 0 Å². The quantitative estimate of drug-likeness (QED) is 0.478. The summed E-state index contributed by atoms with van der Waals surface area (Å²) in [4.78, 5) is 17.4. The van der Waals surface area contributed by atoms with Gasteiger partial charge in [-0.05, 0) is 48.2 Å². The highest BCUT2D eigenvalue weighted by Gasteiger charge is 2.16. The van der Waals surface area contributed by atoms with E-state index < -0.39 is 0 Å². The Bertz CT molecular complexity index is 1130. The Labute approximate surface area is 186 Å². The molecule has 6 nitrogen and oxygen atoms in total. The zero-order valence-corrected chi connectivity index (χ0v) is 17.8. The van der Waals surface area contributed by atoms with Gasteiger partial charge in [-0.3, -0.25) is 4.79 Å². The van der Waals surface area contributed by atoms with Crippen LogP contribution in [0.5, 0.6) is 0 Å². The second-order valence-corrected chi connectivity index (χ2v) is 7.55. The SMILES string of the molecule is C[C@@H](CO)CNC(=O)c1ccc(-c2ccccc2C#N)nc1NCCc1cccc(F)c1. The van der Waals surface area contributed by atoms with Gasteiger partial charge in [-0.1, -0.05) is 37.3 Å². The largest absolute Gasteiger partial charge is 0.396 e. The summed E-state index contributed by atoms with van der Waals surface area (Å²) in [5, 5.41) is 24.6. The zero-order valence-electron chi connectivity index (χ0n) is 17.8. The Morgan fingerprint density at radius 2 is 2.00 bits per heavy atom. The number of rotatable bonds is 9. The van der Waals surface area contributed by atoms with Crippen LogP contribution in [0.3, 0.4) is 0 Å². The van der Waals surface area contributed by atoms with Crippen LogP contribution in [0.4, 0.5) is 10.2 Å². The summed E-state index contributed by atoms with van der Waals surface area (Å²) in [6.45, 7) is 2.57. The number of aromatic nitrogens is 1. The maximum Gasteiger partial charge on any atom is 0.255 e. The van der Waals surface area contributed by atoms with Crippen molar-refractivity contribution in [2.24, 2.45) is 5.92 Å². The highest BCUT2D eigenvalue weighted by Crippen LogP contribution is 2.25. The minimum absolute atomic E-state index is 0.0266. The molecule has 0 bridgehead atoms. The molecule has 0 radical (unpaired) electrons. The fourth-order valence-electron chi connectivity index (χ4n) is 3.18. The van der Waals surface area contributed by atoms with Crippen molar-refractivity contribution in [1.29, 1.82) is 5.26 Å². The molecule has 0 fully saturated rings. The molecule has 0 aliphatic rings. The summed E-state index contributed by atoms with van der Waals surface area (Å²) in [6.07, 6.45) is 0.543. The van der Waals surface area contributed by atoms with Crippen LogP contribution < -0.4 is 10.6 Å². The van der Waals surface area contributed by atoms with E-state index in [1.165, 1.54) is 12.1 Å². The molecule has 0 saturated heterocycles. The number of pyridine rings is 1. The maximum absolute atomic E-state index is 13.4. The van der Waals surface area contributed by atoms with Crippen molar-refractivity contribution in [1.82, 2.24) is 10.3 Å². The number of carbonyl (C=O) groups excluding carboxylic acids is 1. The summed E-state index contributed by atoms with van der Waals surface area (Å²) in [5.74, 6) is -0.307. The van der Waals surface area contributed by atoms with E-state index in [9.17, 15) is 19.6 Å². The highest BCUT2D eigenvalue weighted by atomic mass is 19.1. The normalized spacial score (nSPS) is 11.4. The molecular formula is C25H25FN4O2. The predicted molar refractivity (Wildman–Crippen MR) is 122 cm³/mol. The first-order valence-corrected chi connectivity index (χ1v) is 10.4. The molecule has 1 amide bonds. The second-order valence-electron chi connectivity index (χ2n) is 7.55. The first-order chi connectivity index (χ1) is 15.5. The van der Waals surface area contributed by atoms with E-state index in [-0.39, 0.29) is 24.2 Å². The lowest BCUT2D eigenvalue weighted by atomic mass is 10.0. The van der Waals surface area contributed by atoms with Crippen LogP contribution in [0.2, 0.25) is 0 Å². The molecule has 2 aromatic carbocycles. The molecule has 1 atom stereocenters. The minimum atomic E-state index is -0.314. The van der Waals surface area contributed by atoms with E-state index in [1.54, 1.807) is 36.4 Å². The third-order valence-electron chi connectivity index (χ3n) is 4.98. The van der Waals surface area contributed by atoms with Crippen molar-refractivity contribution in [3.8, 4) is 17.3 Å². The monoisotopic (exact) mass is 432 g/mol. The molecule has 3 aromatic rings. The zero-order chi connectivity index (χ0) is 22.9. The molecule has 1 heterocycles. The van der Waals surface area contributed by atoms with Gasteiger partial charge in [0, 0.05) is 25.3 Å². The van der Waals surface area contributed by atoms with Crippen molar-refractivity contribution in [2.45, 2.75) is 13.3 Å². The molecule has 0 aliphatic heterocycles. The van der Waals surface area contributed by atoms with Gasteiger partial charge >= 0.3 is 0 Å². The van der Waals surface area contributed by atoms with E-state index in [2.05, 4.69) is 21.7 Å². The van der Waals surface area contributed by atoms with Gasteiger partial charge in [-0.2, -0.15) is 5.26 Å². The summed E-state index contributed by atoms with van der Waals surface area (Å²) < 4.78 is 13.4. The number of aliphatic hydroxyl groups excluding tert-OH is 1. The smallest absolute Gasteiger partial charge is 0.255 e. The fraction of sp³-hybridized carbons (Fsp3) is 0.240. The number of nitrogens with zero attached hydrogens (tertiary/aromatic N) is 2. The number of nitrogens with one attached hydrogen (secondary N) is 2. The third kappa shape index (κ3) is 5.90. The lowest BCUT2D eigenvalue weighted by Gasteiger charge is -2.15. The van der Waals surface area contributed by atoms with Crippen molar-refractivity contribution in [3.63, 3.8) is 0 Å². The average Bonchev–Trinajstić information content (AvgIpc) is 2.82. The number of aliphatic hydroxyl groups is 1. The summed E-state index contributed by atoms with van der Waals surface area (Å²) in [6, 6.07) is 19.0. The molecule has 32 heavy (non-hydrogen) atoms. The molecule has 0 spiro atoms. The molecule has 164 valence electrons. The van der Waals surface area contributed by atoms with Gasteiger partial charge < -0.3 is 15.7 Å². The van der Waals surface area contributed by atoms with Crippen molar-refractivity contribution in [3.05, 3.63) is 83.2 Å². The van der Waals surface area contributed by atoms with Gasteiger partial charge in [0.15, 0.2) is 0 Å². The Balaban J connectivity index is 1.86. The van der Waals surface area contributed by atoms with Gasteiger partial charge in [0.25, 0.3) is 5.91 Å². The second kappa shape index (κ2) is 11.0. The standard InChI is InChI=1S/C25H25FN4O2/c1-17(16-31)15-29-25(32)22-9-10-23(21-8-3-2-6-19(21)14-27)30-24(22)28-12-11-18-5-4-7-20(26)13-18/h2-10,13,17,31H,11-12,15-16H2,1H3,(H,28,30)(H,29,32)/t17-/m1/s1. The molecule has 3 N–H and O–H groups in total. The third-order valence-corrected chi connectivity index (χ3v) is 4.98. The molecule has 1 aromatic heterocycles. The van der Waals surface area contributed by atoms with E-state index in [0.29, 0.717) is 47.7 Å². The maximum atomic E-state index is 13.4. The Morgan fingerprint density at radius 1 is 1.19 bits per heavy atom. The summed E-state index contributed by atoms with van der Waals surface area (Å²) >= 11 is 0. The number of hydrogen-bond acceptors (Lipinski definition) is 5. The van der Waals surface area contributed by atoms with Crippen molar-refractivity contribution in [2.75, 3.05) is 25.0 Å². The number of carbonyl (C=O) groups is 1. The van der Waals surface area contributed by atoms with Crippen LogP contribution in [0.1, 0.15) is 28.4 Å². The van der Waals surface area contributed by atoms with Crippen LogP contribution in [0.25, 0.3) is 11.3 Å². The topological polar surface area (TPSA) is 98.0 Å². The molecular weight excluding hydrogens is 407 g/mol. The number of hydrogen-bond donors (Lipinski definition) is 3. The van der Waals surface area contributed by atoms with Gasteiger partial charge in [0.1, 0.15) is 11.6 Å². The van der Waals surface area contributed by atoms with Crippen LogP contribution >= 0.6 is 0 Å². The van der Waals surface area contributed by atoms with E-state index >= 15 is 0 Å². The Kier molecular flexibility index (Phi) is 7.90. The summed E-state index contributed by atoms with van der Waals surface area (Å²) in [5.41, 5.74) is 2.90. The van der Waals surface area contributed by atoms with E-state index in [0.717, 1.165) is 5.56 Å². The van der Waals surface area contributed by atoms with Crippen LogP contribution in [0, 0.1) is 23.1 Å². The lowest BCUT2D eigenvalue weighted by Crippen LogP contribution is -2.30. The number of anilines is 1. The summed E-state index contributed by atoms with van der Waals surface area (Å²) in [7, 11) is 0. The molecule has 0 unspecified atom stereocenters. The van der Waals surface area contributed by atoms with E-state index in [1.807, 2.05) is 19.1 Å². The molecule has 7 heteroatoms. The first kappa shape index (κ1) is 22.9. The van der Waals surface area contributed by atoms with Gasteiger partial charge in [-0.15, -0.1) is 0 Å². The van der Waals surface area contributed by atoms with Gasteiger partial charge in [0.2, 0.25) is 0 Å². The van der Waals surface area contributed by atoms with Crippen LogP contribution in [-0.4, -0.2) is 35.7 Å². The molecule has 0 aliphatic carbocycles. The number of amides is 1. The number of nitriles is 1. The average molecular weight is 432 g/mol. The molecule has 3 rings (SSSR count). The highest BCUT2D eigenvalue weighted by molar-refractivity contribution is 5.99. The fourth-order valence-corrected chi connectivity index (χ4v) is 3.18. The Hall–Kier alpha value is -3.76. The number of benzene rings is 2. The predicted octanol–water partition coefficient (Wildman–Crippen LogP) is 3.77. The lowest BCUT2D eigenvalue weighted by molar-refractivity contribution is 0.0943. The Morgan fingerprint density at radius 3 is 2.75 bits per heavy atom. The van der Waals surface area contributed by atoms with Crippen LogP contribution in [-0.2, 0) is 6.42 Å². The van der Waals surface area contributed by atoms with Crippen molar-refractivity contribution >= 4 is 11.7 Å². The first-order valence-electron chi connectivity index (χ1n) is 10.4. The minimum Gasteiger partial charge on any atom is -0.396 e. The van der Waals surface area contributed by atoms with Crippen LogP contribution in [0.15, 0.2) is 60.7 Å². The van der Waals surface area contributed by atoms with Gasteiger partial charge in [-0.25, -0.2) is 9.37 Å². The number of halogens is 1.